The van der Waals surface area contributed by atoms with Gasteiger partial charge in [0.1, 0.15) is 11.5 Å². The van der Waals surface area contributed by atoms with Gasteiger partial charge < -0.3 is 23.8 Å². The van der Waals surface area contributed by atoms with Gasteiger partial charge in [-0.15, -0.1) is 0 Å². The van der Waals surface area contributed by atoms with Gasteiger partial charge in [0.2, 0.25) is 0 Å². The summed E-state index contributed by atoms with van der Waals surface area (Å²) < 4.78 is 22.2. The van der Waals surface area contributed by atoms with E-state index in [1.54, 1.807) is 27.4 Å². The molecule has 0 saturated carbocycles. The highest BCUT2D eigenvalue weighted by Gasteiger charge is 2.33. The zero-order valence-electron chi connectivity index (χ0n) is 18.3. The maximum absolute atomic E-state index is 13.4. The van der Waals surface area contributed by atoms with Gasteiger partial charge in [-0.2, -0.15) is 0 Å². The SMILES string of the molecule is CCCCOc1ccc(C(=O)N2CCCC2c2cc(OC)ccc2OC)cc1OC. The first kappa shape index (κ1) is 21.8. The van der Waals surface area contributed by atoms with Crippen molar-refractivity contribution in [3.63, 3.8) is 0 Å². The van der Waals surface area contributed by atoms with Crippen molar-refractivity contribution in [3.8, 4) is 23.0 Å². The molecule has 6 nitrogen and oxygen atoms in total. The molecule has 2 aromatic carbocycles. The van der Waals surface area contributed by atoms with Gasteiger partial charge in [0.05, 0.1) is 34.0 Å². The Balaban J connectivity index is 1.86. The summed E-state index contributed by atoms with van der Waals surface area (Å²) in [4.78, 5) is 15.3. The molecule has 1 fully saturated rings. The summed E-state index contributed by atoms with van der Waals surface area (Å²) in [5, 5.41) is 0. The fourth-order valence-electron chi connectivity index (χ4n) is 3.85. The third kappa shape index (κ3) is 4.64. The van der Waals surface area contributed by atoms with Crippen LogP contribution in [-0.4, -0.2) is 45.3 Å². The van der Waals surface area contributed by atoms with E-state index >= 15 is 0 Å². The second-order valence-corrected chi connectivity index (χ2v) is 7.33. The van der Waals surface area contributed by atoms with Gasteiger partial charge in [-0.05, 0) is 55.7 Å². The summed E-state index contributed by atoms with van der Waals surface area (Å²) in [5.41, 5.74) is 1.55. The summed E-state index contributed by atoms with van der Waals surface area (Å²) >= 11 is 0. The molecular formula is C24H31NO5. The summed E-state index contributed by atoms with van der Waals surface area (Å²) in [6.45, 7) is 3.44. The van der Waals surface area contributed by atoms with Crippen LogP contribution in [0.15, 0.2) is 36.4 Å². The second kappa shape index (κ2) is 10.2. The molecule has 1 atom stereocenters. The first-order chi connectivity index (χ1) is 14.6. The third-order valence-electron chi connectivity index (χ3n) is 5.48. The van der Waals surface area contributed by atoms with Crippen LogP contribution in [-0.2, 0) is 0 Å². The number of nitrogens with zero attached hydrogens (tertiary/aromatic N) is 1. The first-order valence-corrected chi connectivity index (χ1v) is 10.5. The van der Waals surface area contributed by atoms with Crippen molar-refractivity contribution in [2.75, 3.05) is 34.5 Å². The van der Waals surface area contributed by atoms with Crippen LogP contribution >= 0.6 is 0 Å². The van der Waals surface area contributed by atoms with E-state index in [4.69, 9.17) is 18.9 Å². The van der Waals surface area contributed by atoms with Crippen molar-refractivity contribution in [2.24, 2.45) is 0 Å². The Bertz CT molecular complexity index is 867. The molecule has 0 spiro atoms. The molecule has 1 aliphatic rings. The first-order valence-electron chi connectivity index (χ1n) is 10.5. The molecule has 3 rings (SSSR count). The molecule has 0 N–H and O–H groups in total. The quantitative estimate of drug-likeness (QED) is 0.549. The van der Waals surface area contributed by atoms with Gasteiger partial charge in [-0.3, -0.25) is 4.79 Å². The van der Waals surface area contributed by atoms with Crippen LogP contribution in [0.2, 0.25) is 0 Å². The van der Waals surface area contributed by atoms with Crippen molar-refractivity contribution in [1.29, 1.82) is 0 Å². The fourth-order valence-corrected chi connectivity index (χ4v) is 3.85. The van der Waals surface area contributed by atoms with E-state index in [1.807, 2.05) is 35.2 Å². The molecule has 1 saturated heterocycles. The van der Waals surface area contributed by atoms with Crippen molar-refractivity contribution in [2.45, 2.75) is 38.6 Å². The molecule has 0 radical (unpaired) electrons. The van der Waals surface area contributed by atoms with Crippen LogP contribution in [0.3, 0.4) is 0 Å². The van der Waals surface area contributed by atoms with Crippen LogP contribution in [0.25, 0.3) is 0 Å². The molecule has 30 heavy (non-hydrogen) atoms. The van der Waals surface area contributed by atoms with Crippen molar-refractivity contribution in [3.05, 3.63) is 47.5 Å². The van der Waals surface area contributed by atoms with E-state index in [1.165, 1.54) is 0 Å². The molecular weight excluding hydrogens is 382 g/mol. The minimum Gasteiger partial charge on any atom is -0.497 e. The number of rotatable bonds is 9. The lowest BCUT2D eigenvalue weighted by atomic mass is 10.0. The van der Waals surface area contributed by atoms with E-state index in [2.05, 4.69) is 6.92 Å². The number of likely N-dealkylation sites (tertiary alicyclic amines) is 1. The van der Waals surface area contributed by atoms with Gasteiger partial charge in [-0.25, -0.2) is 0 Å². The number of ether oxygens (including phenoxy) is 4. The van der Waals surface area contributed by atoms with Gasteiger partial charge >= 0.3 is 0 Å². The Morgan fingerprint density at radius 3 is 2.47 bits per heavy atom. The van der Waals surface area contributed by atoms with Gasteiger partial charge in [0, 0.05) is 17.7 Å². The Morgan fingerprint density at radius 1 is 1.00 bits per heavy atom. The van der Waals surface area contributed by atoms with Crippen LogP contribution in [0, 0.1) is 0 Å². The maximum Gasteiger partial charge on any atom is 0.254 e. The number of carbonyl (C=O) groups is 1. The zero-order chi connectivity index (χ0) is 21.5. The third-order valence-corrected chi connectivity index (χ3v) is 5.48. The van der Waals surface area contributed by atoms with Crippen LogP contribution in [0.1, 0.15) is 54.6 Å². The number of carbonyl (C=O) groups excluding carboxylic acids is 1. The zero-order valence-corrected chi connectivity index (χ0v) is 18.3. The van der Waals surface area contributed by atoms with Gasteiger partial charge in [0.15, 0.2) is 11.5 Å². The Labute approximate surface area is 178 Å². The molecule has 0 aromatic heterocycles. The van der Waals surface area contributed by atoms with E-state index < -0.39 is 0 Å². The summed E-state index contributed by atoms with van der Waals surface area (Å²) in [6.07, 6.45) is 3.85. The highest BCUT2D eigenvalue weighted by molar-refractivity contribution is 5.95. The number of benzene rings is 2. The largest absolute Gasteiger partial charge is 0.497 e. The topological polar surface area (TPSA) is 57.2 Å². The van der Waals surface area contributed by atoms with Crippen LogP contribution < -0.4 is 18.9 Å². The van der Waals surface area contributed by atoms with Gasteiger partial charge in [0.25, 0.3) is 5.91 Å². The summed E-state index contributed by atoms with van der Waals surface area (Å²) in [7, 11) is 4.88. The van der Waals surface area contributed by atoms with E-state index in [-0.39, 0.29) is 11.9 Å². The predicted octanol–water partition coefficient (Wildman–Crippen LogP) is 4.87. The molecule has 162 valence electrons. The monoisotopic (exact) mass is 413 g/mol. The second-order valence-electron chi connectivity index (χ2n) is 7.33. The van der Waals surface area contributed by atoms with E-state index in [9.17, 15) is 4.79 Å². The number of amides is 1. The molecule has 6 heteroatoms. The lowest BCUT2D eigenvalue weighted by Gasteiger charge is -2.27. The van der Waals surface area contributed by atoms with Crippen molar-refractivity contribution < 1.29 is 23.7 Å². The lowest BCUT2D eigenvalue weighted by Crippen LogP contribution is -2.30. The highest BCUT2D eigenvalue weighted by Crippen LogP contribution is 2.40. The van der Waals surface area contributed by atoms with Crippen LogP contribution in [0.4, 0.5) is 0 Å². The van der Waals surface area contributed by atoms with Gasteiger partial charge in [-0.1, -0.05) is 13.3 Å². The number of hydrogen-bond acceptors (Lipinski definition) is 5. The van der Waals surface area contributed by atoms with Crippen molar-refractivity contribution in [1.82, 2.24) is 4.90 Å². The number of hydrogen-bond donors (Lipinski definition) is 0. The molecule has 0 aliphatic carbocycles. The Hall–Kier alpha value is -2.89. The number of methoxy groups -OCH3 is 3. The Kier molecular flexibility index (Phi) is 7.44. The molecule has 1 amide bonds. The van der Waals surface area contributed by atoms with E-state index in [0.717, 1.165) is 42.7 Å². The molecule has 1 aliphatic heterocycles. The maximum atomic E-state index is 13.4. The van der Waals surface area contributed by atoms with E-state index in [0.29, 0.717) is 30.2 Å². The van der Waals surface area contributed by atoms with Crippen LogP contribution in [0.5, 0.6) is 23.0 Å². The average Bonchev–Trinajstić information content (AvgIpc) is 3.28. The minimum atomic E-state index is -0.0611. The standard InChI is InChI=1S/C24H31NO5/c1-5-6-14-30-22-11-9-17(15-23(22)29-4)24(26)25-13-7-8-20(25)19-16-18(27-2)10-12-21(19)28-3/h9-12,15-16,20H,5-8,13-14H2,1-4H3. The highest BCUT2D eigenvalue weighted by atomic mass is 16.5. The van der Waals surface area contributed by atoms with Crippen molar-refractivity contribution >= 4 is 5.91 Å². The Morgan fingerprint density at radius 2 is 1.77 bits per heavy atom. The smallest absolute Gasteiger partial charge is 0.254 e. The molecule has 0 bridgehead atoms. The predicted molar refractivity (Wildman–Crippen MR) is 116 cm³/mol. The normalized spacial score (nSPS) is 15.7. The molecule has 1 unspecified atom stereocenters. The molecule has 1 heterocycles. The molecule has 2 aromatic rings. The summed E-state index contributed by atoms with van der Waals surface area (Å²) in [6, 6.07) is 11.0. The minimum absolute atomic E-state index is 0.0271. The lowest BCUT2D eigenvalue weighted by molar-refractivity contribution is 0.0733. The summed E-state index contributed by atoms with van der Waals surface area (Å²) in [5.74, 6) is 2.72. The number of unbranched alkanes of at least 4 members (excludes halogenated alkanes) is 1. The average molecular weight is 414 g/mol. The fraction of sp³-hybridized carbons (Fsp3) is 0.458.